The van der Waals surface area contributed by atoms with Gasteiger partial charge in [0.1, 0.15) is 11.6 Å². The molecule has 10 nitrogen and oxygen atoms in total. The number of fused-ring (bicyclic) bond motifs is 1. The molecule has 0 radical (unpaired) electrons. The van der Waals surface area contributed by atoms with Crippen LogP contribution in [-0.2, 0) is 11.3 Å². The molecule has 1 aromatic carbocycles. The number of nitrogens with zero attached hydrogens (tertiary/aromatic N) is 5. The predicted molar refractivity (Wildman–Crippen MR) is 119 cm³/mol. The van der Waals surface area contributed by atoms with E-state index in [4.69, 9.17) is 9.72 Å². The van der Waals surface area contributed by atoms with Crippen molar-refractivity contribution in [1.29, 1.82) is 0 Å². The van der Waals surface area contributed by atoms with Gasteiger partial charge in [0.05, 0.1) is 12.8 Å². The molecule has 0 saturated carbocycles. The standard InChI is InChI=1S/C22H27N7O3/c1-3-29-20-19(26-21(29)22(31)27-24-14-30)23-11-18(25-20)28-10-6-8-16(12-28)13-32-17-9-5-4-7-15(17)2/h4-5,7,9,11,14,16H,3,6,8,10,12-13H2,1-2H3,(H,24,30)(H,27,31). The SMILES string of the molecule is CCn1c(C(=O)NNC=O)nc2ncc(N3CCCC(COc4ccccc4C)C3)nc21. The Morgan fingerprint density at radius 1 is 1.31 bits per heavy atom. The van der Waals surface area contributed by atoms with Gasteiger partial charge >= 0.3 is 5.91 Å². The van der Waals surface area contributed by atoms with Crippen molar-refractivity contribution in [2.75, 3.05) is 24.6 Å². The van der Waals surface area contributed by atoms with E-state index in [1.807, 2.05) is 38.1 Å². The van der Waals surface area contributed by atoms with E-state index in [1.54, 1.807) is 10.8 Å². The summed E-state index contributed by atoms with van der Waals surface area (Å²) < 4.78 is 7.77. The summed E-state index contributed by atoms with van der Waals surface area (Å²) in [6, 6.07) is 8.04. The number of carbonyl (C=O) groups is 2. The zero-order valence-corrected chi connectivity index (χ0v) is 18.2. The number of carbonyl (C=O) groups excluding carboxylic acids is 2. The number of rotatable bonds is 8. The first-order valence-electron chi connectivity index (χ1n) is 10.8. The average molecular weight is 438 g/mol. The number of nitrogens with one attached hydrogen (secondary N) is 2. The van der Waals surface area contributed by atoms with Crippen LogP contribution < -0.4 is 20.5 Å². The van der Waals surface area contributed by atoms with Crippen molar-refractivity contribution in [1.82, 2.24) is 30.4 Å². The maximum atomic E-state index is 12.3. The third kappa shape index (κ3) is 4.48. The number of hydrazine groups is 1. The monoisotopic (exact) mass is 437 g/mol. The molecule has 1 saturated heterocycles. The van der Waals surface area contributed by atoms with E-state index >= 15 is 0 Å². The van der Waals surface area contributed by atoms with Crippen LogP contribution in [-0.4, -0.2) is 51.5 Å². The maximum Gasteiger partial charge on any atom is 0.305 e. The van der Waals surface area contributed by atoms with Gasteiger partial charge in [-0.25, -0.2) is 15.0 Å². The Balaban J connectivity index is 1.50. The Labute approximate surface area is 186 Å². The van der Waals surface area contributed by atoms with Crippen LogP contribution in [0.25, 0.3) is 11.3 Å². The normalized spacial score (nSPS) is 16.1. The van der Waals surface area contributed by atoms with E-state index in [0.29, 0.717) is 36.8 Å². The Hall–Kier alpha value is -3.69. The predicted octanol–water partition coefficient (Wildman–Crippen LogP) is 1.84. The third-order valence-corrected chi connectivity index (χ3v) is 5.62. The van der Waals surface area contributed by atoms with Crippen LogP contribution in [0.3, 0.4) is 0 Å². The van der Waals surface area contributed by atoms with Crippen molar-refractivity contribution in [2.24, 2.45) is 5.92 Å². The average Bonchev–Trinajstić information content (AvgIpc) is 3.20. The lowest BCUT2D eigenvalue weighted by Gasteiger charge is -2.33. The summed E-state index contributed by atoms with van der Waals surface area (Å²) in [5.74, 6) is 1.69. The van der Waals surface area contributed by atoms with E-state index < -0.39 is 5.91 Å². The van der Waals surface area contributed by atoms with E-state index in [2.05, 4.69) is 25.7 Å². The molecule has 1 aliphatic rings. The molecule has 10 heteroatoms. The van der Waals surface area contributed by atoms with Crippen molar-refractivity contribution in [3.63, 3.8) is 0 Å². The molecule has 1 fully saturated rings. The number of piperidine rings is 1. The Kier molecular flexibility index (Phi) is 6.48. The van der Waals surface area contributed by atoms with Crippen molar-refractivity contribution >= 4 is 29.4 Å². The fourth-order valence-corrected chi connectivity index (χ4v) is 4.00. The lowest BCUT2D eigenvalue weighted by Crippen LogP contribution is -2.38. The van der Waals surface area contributed by atoms with Crippen molar-refractivity contribution in [3.05, 3.63) is 41.9 Å². The number of aromatic nitrogens is 4. The first kappa shape index (κ1) is 21.5. The molecule has 0 aliphatic carbocycles. The molecular formula is C22H27N7O3. The van der Waals surface area contributed by atoms with Crippen LogP contribution in [0.1, 0.15) is 35.9 Å². The number of amides is 2. The Morgan fingerprint density at radius 2 is 2.16 bits per heavy atom. The zero-order chi connectivity index (χ0) is 22.5. The number of anilines is 1. The van der Waals surface area contributed by atoms with Gasteiger partial charge in [-0.1, -0.05) is 18.2 Å². The van der Waals surface area contributed by atoms with Crippen LogP contribution >= 0.6 is 0 Å². The van der Waals surface area contributed by atoms with E-state index in [1.165, 1.54) is 0 Å². The van der Waals surface area contributed by atoms with Crippen molar-refractivity contribution in [2.45, 2.75) is 33.2 Å². The number of aryl methyl sites for hydroxylation is 2. The Morgan fingerprint density at radius 3 is 2.94 bits per heavy atom. The molecule has 4 rings (SSSR count). The molecule has 2 N–H and O–H groups in total. The number of ether oxygens (including phenoxy) is 1. The summed E-state index contributed by atoms with van der Waals surface area (Å²) in [6.07, 6.45) is 4.23. The van der Waals surface area contributed by atoms with Gasteiger partial charge in [0.2, 0.25) is 12.2 Å². The van der Waals surface area contributed by atoms with E-state index in [9.17, 15) is 9.59 Å². The topological polar surface area (TPSA) is 114 Å². The highest BCUT2D eigenvalue weighted by atomic mass is 16.5. The molecule has 0 bridgehead atoms. The highest BCUT2D eigenvalue weighted by Crippen LogP contribution is 2.25. The lowest BCUT2D eigenvalue weighted by molar-refractivity contribution is -0.110. The lowest BCUT2D eigenvalue weighted by atomic mass is 9.99. The van der Waals surface area contributed by atoms with Crippen LogP contribution in [0.15, 0.2) is 30.5 Å². The number of benzene rings is 1. The van der Waals surface area contributed by atoms with Crippen LogP contribution in [0.5, 0.6) is 5.75 Å². The van der Waals surface area contributed by atoms with Gasteiger partial charge in [-0.15, -0.1) is 0 Å². The highest BCUT2D eigenvalue weighted by molar-refractivity contribution is 5.94. The van der Waals surface area contributed by atoms with Gasteiger partial charge in [-0.2, -0.15) is 0 Å². The highest BCUT2D eigenvalue weighted by Gasteiger charge is 2.24. The summed E-state index contributed by atoms with van der Waals surface area (Å²) in [5.41, 5.74) is 6.49. The summed E-state index contributed by atoms with van der Waals surface area (Å²) >= 11 is 0. The first-order valence-corrected chi connectivity index (χ1v) is 10.8. The van der Waals surface area contributed by atoms with Gasteiger partial charge < -0.3 is 14.2 Å². The molecule has 1 atom stereocenters. The zero-order valence-electron chi connectivity index (χ0n) is 18.2. The smallest absolute Gasteiger partial charge is 0.305 e. The second kappa shape index (κ2) is 9.63. The molecule has 1 unspecified atom stereocenters. The molecule has 1 aliphatic heterocycles. The summed E-state index contributed by atoms with van der Waals surface area (Å²) in [6.45, 7) is 6.80. The number of imidazole rings is 1. The number of hydrogen-bond donors (Lipinski definition) is 2. The number of hydrogen-bond acceptors (Lipinski definition) is 7. The fourth-order valence-electron chi connectivity index (χ4n) is 4.00. The molecule has 3 heterocycles. The van der Waals surface area contributed by atoms with Gasteiger partial charge in [-0.3, -0.25) is 20.4 Å². The van der Waals surface area contributed by atoms with E-state index in [0.717, 1.165) is 43.1 Å². The Bertz CT molecular complexity index is 1110. The molecule has 2 amide bonds. The third-order valence-electron chi connectivity index (χ3n) is 5.62. The summed E-state index contributed by atoms with van der Waals surface area (Å²) in [4.78, 5) is 38.5. The second-order valence-electron chi connectivity index (χ2n) is 7.80. The maximum absolute atomic E-state index is 12.3. The minimum Gasteiger partial charge on any atom is -0.493 e. The van der Waals surface area contributed by atoms with Gasteiger partial charge in [-0.05, 0) is 38.3 Å². The first-order chi connectivity index (χ1) is 15.6. The molecule has 3 aromatic rings. The second-order valence-corrected chi connectivity index (χ2v) is 7.80. The van der Waals surface area contributed by atoms with Crippen molar-refractivity contribution < 1.29 is 14.3 Å². The molecular weight excluding hydrogens is 410 g/mol. The molecule has 0 spiro atoms. The molecule has 168 valence electrons. The summed E-state index contributed by atoms with van der Waals surface area (Å²) in [5, 5.41) is 0. The van der Waals surface area contributed by atoms with Gasteiger partial charge in [0.25, 0.3) is 0 Å². The van der Waals surface area contributed by atoms with Gasteiger partial charge in [0.15, 0.2) is 11.3 Å². The largest absolute Gasteiger partial charge is 0.493 e. The summed E-state index contributed by atoms with van der Waals surface area (Å²) in [7, 11) is 0. The molecule has 32 heavy (non-hydrogen) atoms. The fraction of sp³-hybridized carbons (Fsp3) is 0.409. The van der Waals surface area contributed by atoms with Crippen molar-refractivity contribution in [3.8, 4) is 5.75 Å². The van der Waals surface area contributed by atoms with Gasteiger partial charge in [0, 0.05) is 25.6 Å². The minimum absolute atomic E-state index is 0.150. The van der Waals surface area contributed by atoms with Crippen LogP contribution in [0.4, 0.5) is 5.82 Å². The van der Waals surface area contributed by atoms with E-state index in [-0.39, 0.29) is 5.82 Å². The van der Waals surface area contributed by atoms with Crippen LogP contribution in [0, 0.1) is 12.8 Å². The minimum atomic E-state index is -0.522. The van der Waals surface area contributed by atoms with Crippen LogP contribution in [0.2, 0.25) is 0 Å². The molecule has 2 aromatic heterocycles. The quantitative estimate of drug-likeness (QED) is 0.408. The number of para-hydroxylation sites is 1.